The van der Waals surface area contributed by atoms with E-state index in [1.54, 1.807) is 24.3 Å². The second kappa shape index (κ2) is 7.67. The number of carbonyl (C=O) groups is 1. The minimum atomic E-state index is -0.368. The Morgan fingerprint density at radius 1 is 0.741 bits per heavy atom. The molecule has 0 unspecified atom stereocenters. The zero-order chi connectivity index (χ0) is 18.5. The van der Waals surface area contributed by atoms with Crippen LogP contribution in [0.4, 0.5) is 5.69 Å². The van der Waals surface area contributed by atoms with Gasteiger partial charge in [-0.1, -0.05) is 54.6 Å². The number of hydrogen-bond donors (Lipinski definition) is 0. The van der Waals surface area contributed by atoms with E-state index in [1.165, 1.54) is 0 Å². The predicted octanol–water partition coefficient (Wildman–Crippen LogP) is 5.81. The Morgan fingerprint density at radius 3 is 2.26 bits per heavy atom. The van der Waals surface area contributed by atoms with Crippen molar-refractivity contribution in [1.29, 1.82) is 0 Å². The highest BCUT2D eigenvalue weighted by molar-refractivity contribution is 5.95. The zero-order valence-corrected chi connectivity index (χ0v) is 14.6. The van der Waals surface area contributed by atoms with Gasteiger partial charge in [-0.3, -0.25) is 4.99 Å². The molecule has 4 aromatic carbocycles. The summed E-state index contributed by atoms with van der Waals surface area (Å²) in [6, 6.07) is 30.5. The SMILES string of the molecule is O=C(Oc1ccc(C=Nc2cccc3ccccc23)cc1)c1ccccc1. The third kappa shape index (κ3) is 3.93. The summed E-state index contributed by atoms with van der Waals surface area (Å²) >= 11 is 0. The van der Waals surface area contributed by atoms with Gasteiger partial charge in [0, 0.05) is 11.6 Å². The van der Waals surface area contributed by atoms with E-state index < -0.39 is 0 Å². The van der Waals surface area contributed by atoms with Crippen LogP contribution in [0.2, 0.25) is 0 Å². The zero-order valence-electron chi connectivity index (χ0n) is 14.6. The Labute approximate surface area is 157 Å². The standard InChI is InChI=1S/C24H17NO2/c26-24(20-8-2-1-3-9-20)27-21-15-13-18(14-16-21)17-25-23-12-6-10-19-7-4-5-11-22(19)23/h1-17H. The Kier molecular flexibility index (Phi) is 4.75. The lowest BCUT2D eigenvalue weighted by Gasteiger charge is -2.04. The van der Waals surface area contributed by atoms with Gasteiger partial charge in [-0.05, 0) is 53.4 Å². The van der Waals surface area contributed by atoms with Crippen molar-refractivity contribution >= 4 is 28.6 Å². The molecule has 0 heterocycles. The first kappa shape index (κ1) is 16.7. The van der Waals surface area contributed by atoms with Crippen molar-refractivity contribution in [1.82, 2.24) is 0 Å². The molecule has 0 bridgehead atoms. The second-order valence-electron chi connectivity index (χ2n) is 6.08. The van der Waals surface area contributed by atoms with E-state index in [0.717, 1.165) is 22.0 Å². The molecule has 0 N–H and O–H groups in total. The van der Waals surface area contributed by atoms with Gasteiger partial charge in [0.1, 0.15) is 5.75 Å². The Hall–Kier alpha value is -3.72. The van der Waals surface area contributed by atoms with E-state index in [2.05, 4.69) is 23.2 Å². The molecule has 0 spiro atoms. The van der Waals surface area contributed by atoms with E-state index in [4.69, 9.17) is 4.74 Å². The fourth-order valence-electron chi connectivity index (χ4n) is 2.83. The first-order chi connectivity index (χ1) is 13.3. The van der Waals surface area contributed by atoms with Gasteiger partial charge in [0.15, 0.2) is 0 Å². The minimum absolute atomic E-state index is 0.368. The van der Waals surface area contributed by atoms with Crippen LogP contribution in [0.1, 0.15) is 15.9 Å². The van der Waals surface area contributed by atoms with Crippen LogP contribution in [-0.2, 0) is 0 Å². The topological polar surface area (TPSA) is 38.7 Å². The maximum absolute atomic E-state index is 12.1. The van der Waals surface area contributed by atoms with Gasteiger partial charge in [-0.2, -0.15) is 0 Å². The van der Waals surface area contributed by atoms with Crippen LogP contribution in [0.25, 0.3) is 10.8 Å². The molecule has 0 atom stereocenters. The highest BCUT2D eigenvalue weighted by atomic mass is 16.5. The molecular weight excluding hydrogens is 334 g/mol. The van der Waals surface area contributed by atoms with Crippen molar-refractivity contribution in [2.75, 3.05) is 0 Å². The number of fused-ring (bicyclic) bond motifs is 1. The molecule has 0 aliphatic heterocycles. The lowest BCUT2D eigenvalue weighted by atomic mass is 10.1. The van der Waals surface area contributed by atoms with Gasteiger partial charge >= 0.3 is 5.97 Å². The van der Waals surface area contributed by atoms with Crippen LogP contribution in [0.3, 0.4) is 0 Å². The lowest BCUT2D eigenvalue weighted by Crippen LogP contribution is -2.07. The van der Waals surface area contributed by atoms with Gasteiger partial charge < -0.3 is 4.74 Å². The summed E-state index contributed by atoms with van der Waals surface area (Å²) in [5, 5.41) is 2.28. The molecule has 0 aromatic heterocycles. The third-order valence-corrected chi connectivity index (χ3v) is 4.22. The summed E-state index contributed by atoms with van der Waals surface area (Å²) in [6.07, 6.45) is 1.81. The maximum Gasteiger partial charge on any atom is 0.343 e. The molecule has 3 heteroatoms. The lowest BCUT2D eigenvalue weighted by molar-refractivity contribution is 0.0735. The highest BCUT2D eigenvalue weighted by Crippen LogP contribution is 2.25. The first-order valence-corrected chi connectivity index (χ1v) is 8.69. The number of carbonyl (C=O) groups excluding carboxylic acids is 1. The molecule has 0 saturated heterocycles. The Bertz CT molecular complexity index is 1090. The molecule has 4 rings (SSSR count). The van der Waals surface area contributed by atoms with Gasteiger partial charge in [-0.25, -0.2) is 4.79 Å². The number of ether oxygens (including phenoxy) is 1. The summed E-state index contributed by atoms with van der Waals surface area (Å²) < 4.78 is 5.39. The van der Waals surface area contributed by atoms with E-state index in [-0.39, 0.29) is 5.97 Å². The number of nitrogens with zero attached hydrogens (tertiary/aromatic N) is 1. The second-order valence-corrected chi connectivity index (χ2v) is 6.08. The fourth-order valence-corrected chi connectivity index (χ4v) is 2.83. The van der Waals surface area contributed by atoms with Gasteiger partial charge in [0.05, 0.1) is 11.3 Å². The van der Waals surface area contributed by atoms with Crippen LogP contribution in [-0.4, -0.2) is 12.2 Å². The number of benzene rings is 4. The molecule has 0 radical (unpaired) electrons. The summed E-state index contributed by atoms with van der Waals surface area (Å²) in [6.45, 7) is 0. The van der Waals surface area contributed by atoms with Crippen LogP contribution < -0.4 is 4.74 Å². The molecule has 0 amide bonds. The molecule has 0 fully saturated rings. The van der Waals surface area contributed by atoms with Crippen LogP contribution in [0.5, 0.6) is 5.75 Å². The van der Waals surface area contributed by atoms with Crippen molar-refractivity contribution in [2.24, 2.45) is 4.99 Å². The van der Waals surface area contributed by atoms with E-state index in [0.29, 0.717) is 11.3 Å². The number of esters is 1. The van der Waals surface area contributed by atoms with Crippen molar-refractivity contribution in [3.05, 3.63) is 108 Å². The van der Waals surface area contributed by atoms with Crippen LogP contribution in [0.15, 0.2) is 102 Å². The Balaban J connectivity index is 1.49. The quantitative estimate of drug-likeness (QED) is 0.264. The molecule has 0 aliphatic carbocycles. The van der Waals surface area contributed by atoms with Gasteiger partial charge in [0.2, 0.25) is 0 Å². The van der Waals surface area contributed by atoms with Crippen molar-refractivity contribution < 1.29 is 9.53 Å². The fraction of sp³-hybridized carbons (Fsp3) is 0. The third-order valence-electron chi connectivity index (χ3n) is 4.22. The molecule has 130 valence electrons. The molecule has 3 nitrogen and oxygen atoms in total. The summed E-state index contributed by atoms with van der Waals surface area (Å²) in [5.41, 5.74) is 2.38. The van der Waals surface area contributed by atoms with Crippen LogP contribution in [0, 0.1) is 0 Å². The van der Waals surface area contributed by atoms with Crippen molar-refractivity contribution in [3.63, 3.8) is 0 Å². The Morgan fingerprint density at radius 2 is 1.44 bits per heavy atom. The molecule has 0 saturated carbocycles. The van der Waals surface area contributed by atoms with Crippen molar-refractivity contribution in [2.45, 2.75) is 0 Å². The van der Waals surface area contributed by atoms with Crippen molar-refractivity contribution in [3.8, 4) is 5.75 Å². The van der Waals surface area contributed by atoms with E-state index in [1.807, 2.05) is 60.8 Å². The average molecular weight is 351 g/mol. The van der Waals surface area contributed by atoms with E-state index in [9.17, 15) is 4.79 Å². The highest BCUT2D eigenvalue weighted by Gasteiger charge is 2.07. The van der Waals surface area contributed by atoms with Gasteiger partial charge in [0.25, 0.3) is 0 Å². The molecular formula is C24H17NO2. The van der Waals surface area contributed by atoms with Crippen LogP contribution >= 0.6 is 0 Å². The molecule has 0 aliphatic rings. The monoisotopic (exact) mass is 351 g/mol. The normalized spacial score (nSPS) is 11.0. The van der Waals surface area contributed by atoms with Gasteiger partial charge in [-0.15, -0.1) is 0 Å². The smallest absolute Gasteiger partial charge is 0.343 e. The minimum Gasteiger partial charge on any atom is -0.423 e. The maximum atomic E-state index is 12.1. The number of aliphatic imine (C=N–C) groups is 1. The first-order valence-electron chi connectivity index (χ1n) is 8.69. The molecule has 27 heavy (non-hydrogen) atoms. The predicted molar refractivity (Wildman–Crippen MR) is 109 cm³/mol. The summed E-state index contributed by atoms with van der Waals surface area (Å²) in [5.74, 6) is 0.138. The summed E-state index contributed by atoms with van der Waals surface area (Å²) in [4.78, 5) is 16.7. The molecule has 4 aromatic rings. The van der Waals surface area contributed by atoms with E-state index >= 15 is 0 Å². The summed E-state index contributed by atoms with van der Waals surface area (Å²) in [7, 11) is 0. The average Bonchev–Trinajstić information content (AvgIpc) is 2.74. The number of hydrogen-bond acceptors (Lipinski definition) is 3. The number of rotatable bonds is 4. The largest absolute Gasteiger partial charge is 0.423 e.